The van der Waals surface area contributed by atoms with E-state index in [1.165, 1.54) is 6.92 Å². The maximum atomic E-state index is 11.1. The summed E-state index contributed by atoms with van der Waals surface area (Å²) in [7, 11) is 0. The van der Waals surface area contributed by atoms with E-state index in [-0.39, 0.29) is 11.0 Å². The summed E-state index contributed by atoms with van der Waals surface area (Å²) < 4.78 is -1.78. The molecular weight excluding hydrogens is 399 g/mol. The minimum absolute atomic E-state index is 0.137. The Kier molecular flexibility index (Phi) is 7.10. The number of hydrogen-bond acceptors (Lipinski definition) is 2. The average Bonchev–Trinajstić information content (AvgIpc) is 2.31. The standard InChI is InChI=1S/C11H10Cl5N3OS/c1-5(20)17-9(11(14,15)16)19-10(21)18-6-2-3-7(12)8(13)4-6/h2-4,9H,1H3,(H,17,20)(H2,18,19,21)/t9-/m1/s1. The molecule has 4 nitrogen and oxygen atoms in total. The van der Waals surface area contributed by atoms with Crippen LogP contribution in [0.25, 0.3) is 0 Å². The van der Waals surface area contributed by atoms with Crippen molar-refractivity contribution in [2.24, 2.45) is 0 Å². The third kappa shape index (κ3) is 6.63. The van der Waals surface area contributed by atoms with Gasteiger partial charge in [-0.25, -0.2) is 0 Å². The van der Waals surface area contributed by atoms with Crippen molar-refractivity contribution in [3.05, 3.63) is 28.2 Å². The van der Waals surface area contributed by atoms with Crippen LogP contribution in [0.1, 0.15) is 6.92 Å². The van der Waals surface area contributed by atoms with Crippen molar-refractivity contribution in [2.45, 2.75) is 16.9 Å². The molecule has 10 heteroatoms. The molecule has 0 radical (unpaired) electrons. The number of nitrogens with one attached hydrogen (secondary N) is 3. The quantitative estimate of drug-likeness (QED) is 0.400. The first-order valence-corrected chi connectivity index (χ1v) is 7.76. The molecule has 116 valence electrons. The van der Waals surface area contributed by atoms with E-state index < -0.39 is 9.96 Å². The number of halogens is 5. The predicted octanol–water partition coefficient (Wildman–Crippen LogP) is 4.11. The molecule has 0 heterocycles. The first-order valence-electron chi connectivity index (χ1n) is 5.46. The zero-order valence-electron chi connectivity index (χ0n) is 10.5. The van der Waals surface area contributed by atoms with Crippen LogP contribution in [0.4, 0.5) is 5.69 Å². The molecule has 1 atom stereocenters. The van der Waals surface area contributed by atoms with Gasteiger partial charge in [0.25, 0.3) is 0 Å². The Bertz CT molecular complexity index is 549. The molecule has 0 spiro atoms. The lowest BCUT2D eigenvalue weighted by atomic mass is 10.3. The van der Waals surface area contributed by atoms with Crippen LogP contribution in [0.15, 0.2) is 18.2 Å². The molecule has 0 aromatic heterocycles. The maximum Gasteiger partial charge on any atom is 0.228 e. The van der Waals surface area contributed by atoms with E-state index in [9.17, 15) is 4.79 Å². The number of anilines is 1. The number of alkyl halides is 3. The van der Waals surface area contributed by atoms with E-state index >= 15 is 0 Å². The molecule has 1 rings (SSSR count). The normalized spacial score (nSPS) is 12.5. The molecule has 1 aromatic carbocycles. The van der Waals surface area contributed by atoms with Crippen molar-refractivity contribution in [1.29, 1.82) is 0 Å². The maximum absolute atomic E-state index is 11.1. The average molecular weight is 410 g/mol. The highest BCUT2D eigenvalue weighted by atomic mass is 35.6. The van der Waals surface area contributed by atoms with Gasteiger partial charge in [-0.1, -0.05) is 58.0 Å². The Hall–Kier alpha value is -0.170. The van der Waals surface area contributed by atoms with E-state index in [1.54, 1.807) is 18.2 Å². The summed E-state index contributed by atoms with van der Waals surface area (Å²) in [6.07, 6.45) is -0.997. The fourth-order valence-corrected chi connectivity index (χ4v) is 2.14. The van der Waals surface area contributed by atoms with E-state index in [4.69, 9.17) is 70.2 Å². The Labute approximate surface area is 152 Å². The summed E-state index contributed by atoms with van der Waals surface area (Å²) in [5.74, 6) is -0.379. The van der Waals surface area contributed by atoms with Crippen molar-refractivity contribution >= 4 is 86.9 Å². The topological polar surface area (TPSA) is 53.2 Å². The predicted molar refractivity (Wildman–Crippen MR) is 93.7 cm³/mol. The van der Waals surface area contributed by atoms with Crippen LogP contribution in [-0.2, 0) is 4.79 Å². The number of carbonyl (C=O) groups excluding carboxylic acids is 1. The van der Waals surface area contributed by atoms with Crippen LogP contribution in [0.3, 0.4) is 0 Å². The van der Waals surface area contributed by atoms with Crippen LogP contribution in [0, 0.1) is 0 Å². The summed E-state index contributed by atoms with van der Waals surface area (Å²) in [5.41, 5.74) is 0.591. The number of carbonyl (C=O) groups is 1. The molecule has 0 unspecified atom stereocenters. The van der Waals surface area contributed by atoms with E-state index in [2.05, 4.69) is 16.0 Å². The smallest absolute Gasteiger partial charge is 0.228 e. The molecule has 1 amide bonds. The molecule has 0 bridgehead atoms. The van der Waals surface area contributed by atoms with Crippen molar-refractivity contribution < 1.29 is 4.79 Å². The van der Waals surface area contributed by atoms with Crippen molar-refractivity contribution in [3.8, 4) is 0 Å². The van der Waals surface area contributed by atoms with E-state index in [1.807, 2.05) is 0 Å². The number of rotatable bonds is 3. The zero-order chi connectivity index (χ0) is 16.2. The Morgan fingerprint density at radius 1 is 1.19 bits per heavy atom. The summed E-state index contributed by atoms with van der Waals surface area (Å²) >= 11 is 34.1. The highest BCUT2D eigenvalue weighted by Gasteiger charge is 2.33. The summed E-state index contributed by atoms with van der Waals surface area (Å²) in [6, 6.07) is 4.86. The molecule has 0 aliphatic heterocycles. The molecule has 3 N–H and O–H groups in total. The Morgan fingerprint density at radius 2 is 1.81 bits per heavy atom. The van der Waals surface area contributed by atoms with Gasteiger partial charge in [0.05, 0.1) is 10.0 Å². The van der Waals surface area contributed by atoms with Gasteiger partial charge in [-0.05, 0) is 30.4 Å². The fraction of sp³-hybridized carbons (Fsp3) is 0.273. The van der Waals surface area contributed by atoms with E-state index in [0.29, 0.717) is 15.7 Å². The van der Waals surface area contributed by atoms with Crippen LogP contribution < -0.4 is 16.0 Å². The van der Waals surface area contributed by atoms with Gasteiger partial charge in [0.2, 0.25) is 9.70 Å². The highest BCUT2D eigenvalue weighted by molar-refractivity contribution is 7.80. The molecule has 0 aliphatic rings. The van der Waals surface area contributed by atoms with Gasteiger partial charge in [0, 0.05) is 12.6 Å². The molecule has 0 fully saturated rings. The molecule has 0 saturated heterocycles. The van der Waals surface area contributed by atoms with Gasteiger partial charge >= 0.3 is 0 Å². The van der Waals surface area contributed by atoms with Crippen molar-refractivity contribution in [2.75, 3.05) is 5.32 Å². The van der Waals surface area contributed by atoms with Crippen LogP contribution in [0.2, 0.25) is 10.0 Å². The van der Waals surface area contributed by atoms with Crippen LogP contribution >= 0.6 is 70.2 Å². The summed E-state index contributed by atoms with van der Waals surface area (Å²) in [4.78, 5) is 11.1. The zero-order valence-corrected chi connectivity index (χ0v) is 15.1. The lowest BCUT2D eigenvalue weighted by molar-refractivity contribution is -0.119. The van der Waals surface area contributed by atoms with Gasteiger partial charge in [-0.2, -0.15) is 0 Å². The van der Waals surface area contributed by atoms with Gasteiger partial charge < -0.3 is 16.0 Å². The molecule has 0 aliphatic carbocycles. The molecular formula is C11H10Cl5N3OS. The summed E-state index contributed by atoms with van der Waals surface area (Å²) in [6.45, 7) is 1.29. The second-order valence-corrected chi connectivity index (χ2v) is 7.49. The summed E-state index contributed by atoms with van der Waals surface area (Å²) in [5, 5.41) is 8.88. The molecule has 21 heavy (non-hydrogen) atoms. The fourth-order valence-electron chi connectivity index (χ4n) is 1.28. The lowest BCUT2D eigenvalue weighted by Crippen LogP contribution is -2.55. The SMILES string of the molecule is CC(=O)N[C@H](NC(=S)Nc1ccc(Cl)c(Cl)c1)C(Cl)(Cl)Cl. The van der Waals surface area contributed by atoms with Gasteiger partial charge in [0.1, 0.15) is 6.17 Å². The van der Waals surface area contributed by atoms with Crippen LogP contribution in [-0.4, -0.2) is 21.0 Å². The van der Waals surface area contributed by atoms with Crippen molar-refractivity contribution in [1.82, 2.24) is 10.6 Å². The first-order chi connectivity index (χ1) is 9.59. The minimum Gasteiger partial charge on any atom is -0.339 e. The minimum atomic E-state index is -1.78. The van der Waals surface area contributed by atoms with Crippen LogP contribution in [0.5, 0.6) is 0 Å². The lowest BCUT2D eigenvalue weighted by Gasteiger charge is -2.27. The molecule has 0 saturated carbocycles. The number of hydrogen-bond donors (Lipinski definition) is 3. The molecule has 1 aromatic rings. The third-order valence-electron chi connectivity index (χ3n) is 2.13. The number of thiocarbonyl (C=S) groups is 1. The second-order valence-electron chi connectivity index (χ2n) is 3.90. The highest BCUT2D eigenvalue weighted by Crippen LogP contribution is 2.29. The number of amides is 1. The van der Waals surface area contributed by atoms with Gasteiger partial charge in [-0.15, -0.1) is 0 Å². The number of benzene rings is 1. The van der Waals surface area contributed by atoms with Gasteiger partial charge in [-0.3, -0.25) is 4.79 Å². The Balaban J connectivity index is 2.73. The van der Waals surface area contributed by atoms with E-state index in [0.717, 1.165) is 0 Å². The second kappa shape index (κ2) is 7.90. The monoisotopic (exact) mass is 407 g/mol. The first kappa shape index (κ1) is 18.9. The largest absolute Gasteiger partial charge is 0.339 e. The Morgan fingerprint density at radius 3 is 2.29 bits per heavy atom. The third-order valence-corrected chi connectivity index (χ3v) is 3.74. The van der Waals surface area contributed by atoms with Crippen molar-refractivity contribution in [3.63, 3.8) is 0 Å². The van der Waals surface area contributed by atoms with Gasteiger partial charge in [0.15, 0.2) is 5.11 Å².